The Balaban J connectivity index is 1.08. The molecule has 2 aromatic heterocycles. The molecule has 53 heavy (non-hydrogen) atoms. The van der Waals surface area contributed by atoms with Gasteiger partial charge < -0.3 is 23.8 Å². The quantitative estimate of drug-likeness (QED) is 0.219. The molecule has 0 atom stereocenters. The van der Waals surface area contributed by atoms with E-state index in [0.717, 1.165) is 98.4 Å². The summed E-state index contributed by atoms with van der Waals surface area (Å²) >= 11 is 0. The zero-order chi connectivity index (χ0) is 37.8. The van der Waals surface area contributed by atoms with Crippen molar-refractivity contribution >= 4 is 11.9 Å². The maximum absolute atomic E-state index is 6.49. The molecule has 1 aromatic carbocycles. The van der Waals surface area contributed by atoms with Gasteiger partial charge in [-0.15, -0.1) is 0 Å². The number of hydrogen-bond donors (Lipinski definition) is 1. The first-order valence-electron chi connectivity index (χ1n) is 19.7. The molecule has 0 aliphatic carbocycles. The Hall–Kier alpha value is -3.58. The fourth-order valence-corrected chi connectivity index (χ4v) is 9.07. The summed E-state index contributed by atoms with van der Waals surface area (Å²) in [6.45, 7) is 26.6. The molecule has 0 radical (unpaired) electrons. The van der Waals surface area contributed by atoms with E-state index in [2.05, 4.69) is 87.8 Å². The summed E-state index contributed by atoms with van der Waals surface area (Å²) in [5, 5.41) is 2.25. The van der Waals surface area contributed by atoms with Crippen molar-refractivity contribution in [1.29, 1.82) is 0 Å². The van der Waals surface area contributed by atoms with E-state index < -0.39 is 22.4 Å². The average Bonchev–Trinajstić information content (AvgIpc) is 3.40. The molecule has 0 amide bonds. The van der Waals surface area contributed by atoms with Crippen LogP contribution in [0.25, 0.3) is 0 Å². The number of hydrogen-bond acceptors (Lipinski definition) is 12. The van der Waals surface area contributed by atoms with Crippen molar-refractivity contribution in [2.24, 2.45) is 0 Å². The zero-order valence-electron chi connectivity index (χ0n) is 33.6. The molecule has 1 N–H and O–H groups in total. The number of nitrogens with one attached hydrogen (secondary N) is 1. The standard InChI is InChI=1S/C41H60N8O4/c1-11-50-30-21-27(22-31(23-30)51-12-2)26-47-17-13-28(14-18-47)49(37-43-25-33-35(45-37)41(9,10)53-39(33,5)6)29-15-19-48(20-16-29)46-36-42-24-32-34(44-36)40(7,8)52-38(32,3)4/h21-25,28-29H,11-20,26H2,1-10H3,(H,42,44,46). The smallest absolute Gasteiger partial charge is 0.237 e. The third kappa shape index (κ3) is 7.70. The average molecular weight is 729 g/mol. The Kier molecular flexibility index (Phi) is 10.1. The topological polar surface area (TPSA) is 110 Å². The van der Waals surface area contributed by atoms with Gasteiger partial charge in [0, 0.05) is 74.4 Å². The van der Waals surface area contributed by atoms with Crippen LogP contribution in [0.5, 0.6) is 11.5 Å². The molecule has 2 saturated heterocycles. The first-order valence-corrected chi connectivity index (χ1v) is 19.7. The molecule has 0 unspecified atom stereocenters. The summed E-state index contributed by atoms with van der Waals surface area (Å²) in [6, 6.07) is 6.91. The molecule has 4 aliphatic heterocycles. The Labute approximate surface area is 316 Å². The third-order valence-electron chi connectivity index (χ3n) is 11.3. The molecular weight excluding hydrogens is 669 g/mol. The number of ether oxygens (including phenoxy) is 4. The molecule has 0 saturated carbocycles. The number of hydrazine groups is 1. The van der Waals surface area contributed by atoms with Gasteiger partial charge in [0.15, 0.2) is 0 Å². The van der Waals surface area contributed by atoms with Gasteiger partial charge in [-0.25, -0.2) is 24.9 Å². The maximum atomic E-state index is 6.49. The molecule has 4 aliphatic rings. The van der Waals surface area contributed by atoms with Gasteiger partial charge in [0.25, 0.3) is 0 Å². The molecule has 0 spiro atoms. The number of piperidine rings is 2. The van der Waals surface area contributed by atoms with Crippen molar-refractivity contribution in [2.45, 2.75) is 136 Å². The minimum Gasteiger partial charge on any atom is -0.494 e. The Bertz CT molecular complexity index is 1760. The fraction of sp³-hybridized carbons (Fsp3) is 0.659. The highest BCUT2D eigenvalue weighted by molar-refractivity contribution is 5.43. The van der Waals surface area contributed by atoms with E-state index in [0.29, 0.717) is 31.2 Å². The highest BCUT2D eigenvalue weighted by Gasteiger charge is 2.47. The Morgan fingerprint density at radius 3 is 1.75 bits per heavy atom. The largest absolute Gasteiger partial charge is 0.494 e. The second kappa shape index (κ2) is 14.2. The summed E-state index contributed by atoms with van der Waals surface area (Å²) in [5.74, 6) is 3.17. The van der Waals surface area contributed by atoms with Crippen molar-refractivity contribution < 1.29 is 18.9 Å². The van der Waals surface area contributed by atoms with Gasteiger partial charge in [-0.2, -0.15) is 0 Å². The van der Waals surface area contributed by atoms with E-state index in [1.807, 2.05) is 32.3 Å². The van der Waals surface area contributed by atoms with E-state index in [1.165, 1.54) is 5.56 Å². The van der Waals surface area contributed by atoms with Crippen LogP contribution in [0, 0.1) is 0 Å². The van der Waals surface area contributed by atoms with Gasteiger partial charge in [-0.1, -0.05) is 0 Å². The van der Waals surface area contributed by atoms with Crippen LogP contribution < -0.4 is 19.8 Å². The lowest BCUT2D eigenvalue weighted by atomic mass is 9.95. The number of rotatable bonds is 11. The summed E-state index contributed by atoms with van der Waals surface area (Å²) in [6.07, 6.45) is 7.94. The second-order valence-electron chi connectivity index (χ2n) is 17.1. The number of aromatic nitrogens is 4. The van der Waals surface area contributed by atoms with E-state index >= 15 is 0 Å². The van der Waals surface area contributed by atoms with Crippen LogP contribution in [0.3, 0.4) is 0 Å². The van der Waals surface area contributed by atoms with Crippen LogP contribution in [-0.4, -0.2) is 81.3 Å². The van der Waals surface area contributed by atoms with Crippen molar-refractivity contribution in [1.82, 2.24) is 29.8 Å². The molecule has 288 valence electrons. The molecule has 12 nitrogen and oxygen atoms in total. The minimum atomic E-state index is -0.486. The zero-order valence-corrected chi connectivity index (χ0v) is 33.6. The highest BCUT2D eigenvalue weighted by Crippen LogP contribution is 2.47. The van der Waals surface area contributed by atoms with Gasteiger partial charge in [0.2, 0.25) is 11.9 Å². The molecule has 0 bridgehead atoms. The summed E-state index contributed by atoms with van der Waals surface area (Å²) in [7, 11) is 0. The summed E-state index contributed by atoms with van der Waals surface area (Å²) in [4.78, 5) is 25.2. The molecule has 3 aromatic rings. The van der Waals surface area contributed by atoms with E-state index in [9.17, 15) is 0 Å². The van der Waals surface area contributed by atoms with Gasteiger partial charge >= 0.3 is 0 Å². The van der Waals surface area contributed by atoms with E-state index in [1.54, 1.807) is 0 Å². The number of fused-ring (bicyclic) bond motifs is 2. The second-order valence-corrected chi connectivity index (χ2v) is 17.1. The van der Waals surface area contributed by atoms with Crippen molar-refractivity contribution in [2.75, 3.05) is 49.7 Å². The predicted molar refractivity (Wildman–Crippen MR) is 206 cm³/mol. The molecule has 2 fully saturated rings. The van der Waals surface area contributed by atoms with E-state index in [-0.39, 0.29) is 0 Å². The third-order valence-corrected chi connectivity index (χ3v) is 11.3. The molecular formula is C41H60N8O4. The Morgan fingerprint density at radius 2 is 1.21 bits per heavy atom. The number of anilines is 2. The SMILES string of the molecule is CCOc1cc(CN2CCC(N(c3ncc4c(n3)C(C)(C)OC4(C)C)C3CCN(Nc4ncc5c(n4)C(C)(C)OC5(C)C)CC3)CC2)cc(OCC)c1. The molecule has 12 heteroatoms. The molecule has 6 heterocycles. The number of benzene rings is 1. The van der Waals surface area contributed by atoms with Crippen molar-refractivity contribution in [3.8, 4) is 11.5 Å². The van der Waals surface area contributed by atoms with Gasteiger partial charge in [0.1, 0.15) is 22.7 Å². The molecule has 7 rings (SSSR count). The normalized spacial score (nSPS) is 22.3. The predicted octanol–water partition coefficient (Wildman–Crippen LogP) is 7.03. The van der Waals surface area contributed by atoms with Gasteiger partial charge in [-0.3, -0.25) is 10.3 Å². The monoisotopic (exact) mass is 728 g/mol. The lowest BCUT2D eigenvalue weighted by Gasteiger charge is -2.45. The maximum Gasteiger partial charge on any atom is 0.237 e. The minimum absolute atomic E-state index is 0.298. The lowest BCUT2D eigenvalue weighted by molar-refractivity contribution is -0.106. The van der Waals surface area contributed by atoms with Crippen LogP contribution in [-0.2, 0) is 38.4 Å². The first kappa shape index (κ1) is 37.7. The summed E-state index contributed by atoms with van der Waals surface area (Å²) < 4.78 is 24.6. The number of nitrogens with zero attached hydrogens (tertiary/aromatic N) is 7. The van der Waals surface area contributed by atoms with Crippen LogP contribution in [0.15, 0.2) is 30.6 Å². The highest BCUT2D eigenvalue weighted by atomic mass is 16.5. The number of likely N-dealkylation sites (tertiary alicyclic amines) is 1. The fourth-order valence-electron chi connectivity index (χ4n) is 9.07. The van der Waals surface area contributed by atoms with Gasteiger partial charge in [-0.05, 0) is 113 Å². The van der Waals surface area contributed by atoms with Gasteiger partial charge in [0.05, 0.1) is 35.8 Å². The van der Waals surface area contributed by atoms with Crippen LogP contribution >= 0.6 is 0 Å². The first-order chi connectivity index (χ1) is 25.1. The Morgan fingerprint density at radius 1 is 0.698 bits per heavy atom. The van der Waals surface area contributed by atoms with Crippen molar-refractivity contribution in [3.05, 3.63) is 58.7 Å². The van der Waals surface area contributed by atoms with Crippen LogP contribution in [0.4, 0.5) is 11.9 Å². The van der Waals surface area contributed by atoms with Crippen LogP contribution in [0.2, 0.25) is 0 Å². The summed E-state index contributed by atoms with van der Waals surface area (Å²) in [5.41, 5.74) is 7.03. The lowest BCUT2D eigenvalue weighted by Crippen LogP contribution is -2.54. The van der Waals surface area contributed by atoms with E-state index in [4.69, 9.17) is 38.9 Å². The van der Waals surface area contributed by atoms with Crippen LogP contribution in [0.1, 0.15) is 123 Å². The van der Waals surface area contributed by atoms with Crippen molar-refractivity contribution in [3.63, 3.8) is 0 Å².